The maximum atomic E-state index is 13.1. The minimum atomic E-state index is -4.70. The molecular formula is C19H13F6N3OS2. The standard InChI is InChI=1S/C19H13F6N3OS2/c20-18(21,22)10-27-16(31-11-28(17(27)29)14-4-2-1-3-5-14)26-15(30)12-6-8-13(9-7-12)19(23,24)25/h1-9H,10-11H2. The number of aliphatic imine (C=N–C) groups is 1. The third-order valence-electron chi connectivity index (χ3n) is 4.08. The molecule has 0 spiro atoms. The predicted octanol–water partition coefficient (Wildman–Crippen LogP) is 5.93. The van der Waals surface area contributed by atoms with E-state index in [4.69, 9.17) is 12.2 Å². The van der Waals surface area contributed by atoms with Gasteiger partial charge in [-0.2, -0.15) is 26.3 Å². The summed E-state index contributed by atoms with van der Waals surface area (Å²) in [6, 6.07) is 11.0. The van der Waals surface area contributed by atoms with Gasteiger partial charge in [-0.25, -0.2) is 9.79 Å². The molecule has 0 saturated carbocycles. The Labute approximate surface area is 182 Å². The van der Waals surface area contributed by atoms with E-state index in [2.05, 4.69) is 4.99 Å². The summed E-state index contributed by atoms with van der Waals surface area (Å²) >= 11 is 5.94. The number of benzene rings is 2. The molecule has 0 atom stereocenters. The molecule has 0 unspecified atom stereocenters. The van der Waals surface area contributed by atoms with Crippen molar-refractivity contribution in [1.29, 1.82) is 0 Å². The van der Waals surface area contributed by atoms with Crippen molar-refractivity contribution < 1.29 is 31.1 Å². The predicted molar refractivity (Wildman–Crippen MR) is 110 cm³/mol. The lowest BCUT2D eigenvalue weighted by Gasteiger charge is -2.36. The summed E-state index contributed by atoms with van der Waals surface area (Å²) in [5.41, 5.74) is -0.372. The Hall–Kier alpha value is -2.60. The molecule has 0 bridgehead atoms. The second-order valence-electron chi connectivity index (χ2n) is 6.30. The molecule has 4 nitrogen and oxygen atoms in total. The Morgan fingerprint density at radius 3 is 2.16 bits per heavy atom. The first-order valence-corrected chi connectivity index (χ1v) is 9.99. The number of rotatable bonds is 3. The highest BCUT2D eigenvalue weighted by molar-refractivity contribution is 8.14. The summed E-state index contributed by atoms with van der Waals surface area (Å²) in [6.07, 6.45) is -9.24. The van der Waals surface area contributed by atoms with Gasteiger partial charge in [-0.15, -0.1) is 0 Å². The normalized spacial score (nSPS) is 16.7. The van der Waals surface area contributed by atoms with Gasteiger partial charge in [0.2, 0.25) is 0 Å². The molecule has 1 heterocycles. The molecule has 3 rings (SSSR count). The van der Waals surface area contributed by atoms with Crippen LogP contribution >= 0.6 is 24.0 Å². The maximum absolute atomic E-state index is 13.1. The third-order valence-corrected chi connectivity index (χ3v) is 5.36. The van der Waals surface area contributed by atoms with Crippen LogP contribution in [-0.4, -0.2) is 39.7 Å². The van der Waals surface area contributed by atoms with Crippen LogP contribution in [0.1, 0.15) is 11.1 Å². The fourth-order valence-corrected chi connectivity index (χ4v) is 3.87. The molecule has 2 aromatic carbocycles. The van der Waals surface area contributed by atoms with Gasteiger partial charge >= 0.3 is 18.4 Å². The number of amidine groups is 1. The number of thiocarbonyl (C=S) groups is 1. The van der Waals surface area contributed by atoms with Gasteiger partial charge in [0.15, 0.2) is 5.17 Å². The lowest BCUT2D eigenvalue weighted by Crippen LogP contribution is -2.53. The van der Waals surface area contributed by atoms with E-state index in [-0.39, 0.29) is 21.6 Å². The first-order chi connectivity index (χ1) is 14.5. The molecule has 2 amide bonds. The van der Waals surface area contributed by atoms with Gasteiger partial charge in [0.05, 0.1) is 11.4 Å². The molecule has 164 valence electrons. The Bertz CT molecular complexity index is 990. The van der Waals surface area contributed by atoms with Crippen LogP contribution in [0, 0.1) is 0 Å². The van der Waals surface area contributed by atoms with Crippen LogP contribution in [0.2, 0.25) is 0 Å². The molecular weight excluding hydrogens is 464 g/mol. The van der Waals surface area contributed by atoms with Crippen LogP contribution in [0.3, 0.4) is 0 Å². The van der Waals surface area contributed by atoms with Crippen LogP contribution in [0.15, 0.2) is 59.6 Å². The van der Waals surface area contributed by atoms with Crippen molar-refractivity contribution in [3.05, 3.63) is 65.7 Å². The Morgan fingerprint density at radius 1 is 1.00 bits per heavy atom. The summed E-state index contributed by atoms with van der Waals surface area (Å²) in [5.74, 6) is -0.00827. The van der Waals surface area contributed by atoms with Crippen LogP contribution in [0.5, 0.6) is 0 Å². The van der Waals surface area contributed by atoms with E-state index < -0.39 is 30.5 Å². The second-order valence-corrected chi connectivity index (χ2v) is 7.59. The summed E-state index contributed by atoms with van der Waals surface area (Å²) in [4.78, 5) is 18.1. The first kappa shape index (κ1) is 23.1. The fraction of sp³-hybridized carbons (Fsp3) is 0.211. The number of anilines is 1. The Balaban J connectivity index is 1.88. The van der Waals surface area contributed by atoms with Gasteiger partial charge in [-0.05, 0) is 24.3 Å². The minimum Gasteiger partial charge on any atom is -0.284 e. The number of alkyl halides is 6. The average molecular weight is 477 g/mol. The Kier molecular flexibility index (Phi) is 6.60. The van der Waals surface area contributed by atoms with Gasteiger partial charge in [0.1, 0.15) is 11.5 Å². The van der Waals surface area contributed by atoms with E-state index in [1.54, 1.807) is 30.3 Å². The van der Waals surface area contributed by atoms with E-state index in [1.165, 1.54) is 0 Å². The third kappa shape index (κ3) is 5.76. The smallest absolute Gasteiger partial charge is 0.284 e. The van der Waals surface area contributed by atoms with Crippen molar-refractivity contribution in [2.24, 2.45) is 4.99 Å². The van der Waals surface area contributed by atoms with Crippen molar-refractivity contribution in [2.75, 3.05) is 17.3 Å². The Morgan fingerprint density at radius 2 is 1.61 bits per heavy atom. The number of carbonyl (C=O) groups excluding carboxylic acids is 1. The number of halogens is 6. The number of para-hydroxylation sites is 1. The van der Waals surface area contributed by atoms with Crippen molar-refractivity contribution in [1.82, 2.24) is 4.90 Å². The van der Waals surface area contributed by atoms with Gasteiger partial charge in [0.25, 0.3) is 0 Å². The van der Waals surface area contributed by atoms with E-state index in [0.717, 1.165) is 40.9 Å². The van der Waals surface area contributed by atoms with E-state index in [9.17, 15) is 31.1 Å². The number of carbonyl (C=O) groups is 1. The molecule has 1 aliphatic rings. The van der Waals surface area contributed by atoms with E-state index in [1.807, 2.05) is 0 Å². The van der Waals surface area contributed by atoms with Crippen LogP contribution in [0.4, 0.5) is 36.8 Å². The number of urea groups is 1. The lowest BCUT2D eigenvalue weighted by molar-refractivity contribution is -0.137. The zero-order valence-corrected chi connectivity index (χ0v) is 17.1. The molecule has 0 aliphatic carbocycles. The van der Waals surface area contributed by atoms with Crippen LogP contribution in [-0.2, 0) is 6.18 Å². The molecule has 31 heavy (non-hydrogen) atoms. The van der Waals surface area contributed by atoms with Crippen LogP contribution < -0.4 is 4.90 Å². The quantitative estimate of drug-likeness (QED) is 0.406. The first-order valence-electron chi connectivity index (χ1n) is 8.59. The number of thioether (sulfide) groups is 1. The zero-order chi connectivity index (χ0) is 22.8. The zero-order valence-electron chi connectivity index (χ0n) is 15.4. The monoisotopic (exact) mass is 477 g/mol. The fourth-order valence-electron chi connectivity index (χ4n) is 2.64. The van der Waals surface area contributed by atoms with E-state index in [0.29, 0.717) is 10.6 Å². The summed E-state index contributed by atoms with van der Waals surface area (Å²) in [6.45, 7) is -1.59. The molecule has 1 fully saturated rings. The summed E-state index contributed by atoms with van der Waals surface area (Å²) < 4.78 is 77.5. The number of nitrogens with zero attached hydrogens (tertiary/aromatic N) is 3. The molecule has 0 N–H and O–H groups in total. The molecule has 1 aliphatic heterocycles. The lowest BCUT2D eigenvalue weighted by atomic mass is 10.1. The highest BCUT2D eigenvalue weighted by Gasteiger charge is 2.40. The van der Waals surface area contributed by atoms with Crippen molar-refractivity contribution in [3.63, 3.8) is 0 Å². The van der Waals surface area contributed by atoms with Crippen molar-refractivity contribution >= 4 is 45.9 Å². The largest absolute Gasteiger partial charge is 0.416 e. The number of hydrogen-bond donors (Lipinski definition) is 0. The van der Waals surface area contributed by atoms with E-state index >= 15 is 0 Å². The van der Waals surface area contributed by atoms with Gasteiger partial charge in [-0.3, -0.25) is 9.80 Å². The molecule has 12 heteroatoms. The van der Waals surface area contributed by atoms with Crippen molar-refractivity contribution in [2.45, 2.75) is 12.4 Å². The summed E-state index contributed by atoms with van der Waals surface area (Å²) in [5, 5.41) is -0.278. The highest BCUT2D eigenvalue weighted by Crippen LogP contribution is 2.31. The van der Waals surface area contributed by atoms with Gasteiger partial charge in [0, 0.05) is 11.3 Å². The van der Waals surface area contributed by atoms with Crippen LogP contribution in [0.25, 0.3) is 0 Å². The van der Waals surface area contributed by atoms with Gasteiger partial charge in [-0.1, -0.05) is 54.3 Å². The average Bonchev–Trinajstić information content (AvgIpc) is 2.70. The molecule has 0 radical (unpaired) electrons. The maximum Gasteiger partial charge on any atom is 0.416 e. The molecule has 1 saturated heterocycles. The summed E-state index contributed by atoms with van der Waals surface area (Å²) in [7, 11) is 0. The highest BCUT2D eigenvalue weighted by atomic mass is 32.2. The van der Waals surface area contributed by atoms with Crippen molar-refractivity contribution in [3.8, 4) is 0 Å². The molecule has 2 aromatic rings. The minimum absolute atomic E-state index is 0.00827. The number of amides is 2. The number of hydrogen-bond acceptors (Lipinski definition) is 3. The molecule has 0 aromatic heterocycles. The topological polar surface area (TPSA) is 35.9 Å². The second kappa shape index (κ2) is 8.87. The van der Waals surface area contributed by atoms with Gasteiger partial charge < -0.3 is 0 Å². The SMILES string of the molecule is O=C1N(CC(F)(F)F)C(=NC(=S)c2ccc(C(F)(F)F)cc2)SCN1c1ccccc1.